The van der Waals surface area contributed by atoms with Crippen LogP contribution in [0.4, 0.5) is 0 Å². The molecule has 0 N–H and O–H groups in total. The molecule has 1 aromatic heterocycles. The number of nitrogens with zero attached hydrogens (tertiary/aromatic N) is 2. The Morgan fingerprint density at radius 3 is 2.82 bits per heavy atom. The Morgan fingerprint density at radius 2 is 2.18 bits per heavy atom. The number of hydrogen-bond donors (Lipinski definition) is 0. The number of rotatable bonds is 4. The molecule has 0 spiro atoms. The molecule has 0 saturated carbocycles. The average molecular weight is 293 g/mol. The number of para-hydroxylation sites is 1. The molecule has 90 valence electrons. The van der Waals surface area contributed by atoms with Crippen LogP contribution in [0.5, 0.6) is 0 Å². The van der Waals surface area contributed by atoms with Crippen LogP contribution in [0, 0.1) is 5.41 Å². The van der Waals surface area contributed by atoms with E-state index in [9.17, 15) is 0 Å². The number of allylic oxidation sites excluding steroid dienone is 1. The van der Waals surface area contributed by atoms with Crippen LogP contribution in [-0.2, 0) is 13.5 Å². The van der Waals surface area contributed by atoms with E-state index in [1.807, 2.05) is 23.9 Å². The predicted octanol–water partition coefficient (Wildman–Crippen LogP) is 3.70. The first-order valence-corrected chi connectivity index (χ1v) is 6.82. The van der Waals surface area contributed by atoms with Gasteiger partial charge in [-0.25, -0.2) is 0 Å². The minimum atomic E-state index is 0.0527. The third kappa shape index (κ3) is 2.29. The molecule has 3 heteroatoms. The third-order valence-corrected chi connectivity index (χ3v) is 4.48. The SMILES string of the molecule is C=CC(C)(CBr)Cc1nn(C)c2ccccc12. The quantitative estimate of drug-likeness (QED) is 0.621. The molecule has 2 rings (SSSR count). The molecule has 0 amide bonds. The van der Waals surface area contributed by atoms with Crippen molar-refractivity contribution in [1.29, 1.82) is 0 Å². The zero-order valence-corrected chi connectivity index (χ0v) is 11.9. The van der Waals surface area contributed by atoms with E-state index in [4.69, 9.17) is 0 Å². The lowest BCUT2D eigenvalue weighted by atomic mass is 9.87. The molecule has 1 unspecified atom stereocenters. The lowest BCUT2D eigenvalue weighted by Gasteiger charge is -2.21. The molecule has 17 heavy (non-hydrogen) atoms. The number of halogens is 1. The molecule has 0 aliphatic carbocycles. The van der Waals surface area contributed by atoms with Crippen molar-refractivity contribution in [1.82, 2.24) is 9.78 Å². The van der Waals surface area contributed by atoms with Gasteiger partial charge < -0.3 is 0 Å². The molecular formula is C14H17BrN2. The second-order valence-corrected chi connectivity index (χ2v) is 5.32. The van der Waals surface area contributed by atoms with E-state index >= 15 is 0 Å². The molecule has 1 aromatic carbocycles. The van der Waals surface area contributed by atoms with Gasteiger partial charge in [0.05, 0.1) is 11.2 Å². The first kappa shape index (κ1) is 12.4. The van der Waals surface area contributed by atoms with E-state index in [0.29, 0.717) is 0 Å². The van der Waals surface area contributed by atoms with Crippen molar-refractivity contribution >= 4 is 26.8 Å². The van der Waals surface area contributed by atoms with Gasteiger partial charge in [-0.05, 0) is 6.07 Å². The normalized spacial score (nSPS) is 14.8. The zero-order chi connectivity index (χ0) is 12.5. The third-order valence-electron chi connectivity index (χ3n) is 3.20. The maximum atomic E-state index is 4.62. The highest BCUT2D eigenvalue weighted by Gasteiger charge is 2.22. The van der Waals surface area contributed by atoms with Gasteiger partial charge in [0.1, 0.15) is 0 Å². The van der Waals surface area contributed by atoms with Crippen LogP contribution in [0.3, 0.4) is 0 Å². The van der Waals surface area contributed by atoms with Crippen LogP contribution < -0.4 is 0 Å². The second-order valence-electron chi connectivity index (χ2n) is 4.76. The van der Waals surface area contributed by atoms with Crippen molar-refractivity contribution in [3.8, 4) is 0 Å². The fourth-order valence-electron chi connectivity index (χ4n) is 1.98. The van der Waals surface area contributed by atoms with Crippen molar-refractivity contribution in [3.63, 3.8) is 0 Å². The van der Waals surface area contributed by atoms with Crippen molar-refractivity contribution in [3.05, 3.63) is 42.6 Å². The first-order chi connectivity index (χ1) is 8.09. The van der Waals surface area contributed by atoms with Gasteiger partial charge >= 0.3 is 0 Å². The van der Waals surface area contributed by atoms with E-state index in [0.717, 1.165) is 17.4 Å². The van der Waals surface area contributed by atoms with Gasteiger partial charge in [-0.3, -0.25) is 4.68 Å². The lowest BCUT2D eigenvalue weighted by molar-refractivity contribution is 0.485. The van der Waals surface area contributed by atoms with Gasteiger partial charge in [-0.2, -0.15) is 5.10 Å². The summed E-state index contributed by atoms with van der Waals surface area (Å²) in [5.41, 5.74) is 2.38. The summed E-state index contributed by atoms with van der Waals surface area (Å²) in [5.74, 6) is 0. The van der Waals surface area contributed by atoms with Crippen LogP contribution in [0.2, 0.25) is 0 Å². The average Bonchev–Trinajstić information content (AvgIpc) is 2.67. The molecule has 0 radical (unpaired) electrons. The fraction of sp³-hybridized carbons (Fsp3) is 0.357. The Morgan fingerprint density at radius 1 is 1.47 bits per heavy atom. The van der Waals surface area contributed by atoms with E-state index in [-0.39, 0.29) is 5.41 Å². The molecule has 0 fully saturated rings. The number of hydrogen-bond acceptors (Lipinski definition) is 1. The molecule has 2 aromatic rings. The zero-order valence-electron chi connectivity index (χ0n) is 10.3. The summed E-state index contributed by atoms with van der Waals surface area (Å²) in [6.45, 7) is 6.11. The Bertz CT molecular complexity index is 544. The van der Waals surface area contributed by atoms with Crippen LogP contribution in [0.15, 0.2) is 36.9 Å². The van der Waals surface area contributed by atoms with Gasteiger partial charge in [0.2, 0.25) is 0 Å². The topological polar surface area (TPSA) is 17.8 Å². The number of aryl methyl sites for hydroxylation is 1. The van der Waals surface area contributed by atoms with Crippen LogP contribution in [0.25, 0.3) is 10.9 Å². The van der Waals surface area contributed by atoms with Gasteiger partial charge in [0, 0.05) is 29.6 Å². The predicted molar refractivity (Wildman–Crippen MR) is 76.5 cm³/mol. The van der Waals surface area contributed by atoms with E-state index in [2.05, 4.69) is 52.7 Å². The van der Waals surface area contributed by atoms with E-state index in [1.54, 1.807) is 0 Å². The maximum absolute atomic E-state index is 4.62. The second kappa shape index (κ2) is 4.65. The highest BCUT2D eigenvalue weighted by Crippen LogP contribution is 2.29. The molecule has 1 heterocycles. The lowest BCUT2D eigenvalue weighted by Crippen LogP contribution is -2.18. The van der Waals surface area contributed by atoms with E-state index < -0.39 is 0 Å². The number of aromatic nitrogens is 2. The number of alkyl halides is 1. The van der Waals surface area contributed by atoms with Gasteiger partial charge in [0.15, 0.2) is 0 Å². The Kier molecular flexibility index (Phi) is 3.38. The summed E-state index contributed by atoms with van der Waals surface area (Å²) in [6.07, 6.45) is 2.91. The highest BCUT2D eigenvalue weighted by atomic mass is 79.9. The highest BCUT2D eigenvalue weighted by molar-refractivity contribution is 9.09. The Balaban J connectivity index is 2.46. The van der Waals surface area contributed by atoms with E-state index in [1.165, 1.54) is 10.9 Å². The van der Waals surface area contributed by atoms with Crippen molar-refractivity contribution in [2.24, 2.45) is 12.5 Å². The minimum Gasteiger partial charge on any atom is -0.268 e. The molecule has 0 aliphatic heterocycles. The molecule has 0 bridgehead atoms. The first-order valence-electron chi connectivity index (χ1n) is 5.70. The van der Waals surface area contributed by atoms with Crippen LogP contribution in [-0.4, -0.2) is 15.1 Å². The summed E-state index contributed by atoms with van der Waals surface area (Å²) >= 11 is 3.55. The summed E-state index contributed by atoms with van der Waals surface area (Å²) in [6, 6.07) is 8.35. The molecule has 2 nitrogen and oxygen atoms in total. The van der Waals surface area contributed by atoms with Gasteiger partial charge in [-0.15, -0.1) is 6.58 Å². The molecule has 0 aliphatic rings. The number of fused-ring (bicyclic) bond motifs is 1. The number of benzene rings is 1. The summed E-state index contributed by atoms with van der Waals surface area (Å²) in [7, 11) is 1.99. The van der Waals surface area contributed by atoms with Crippen molar-refractivity contribution in [2.75, 3.05) is 5.33 Å². The van der Waals surface area contributed by atoms with Gasteiger partial charge in [0.25, 0.3) is 0 Å². The summed E-state index contributed by atoms with van der Waals surface area (Å²) in [5, 5.41) is 6.76. The van der Waals surface area contributed by atoms with Crippen LogP contribution >= 0.6 is 15.9 Å². The van der Waals surface area contributed by atoms with Crippen LogP contribution in [0.1, 0.15) is 12.6 Å². The summed E-state index contributed by atoms with van der Waals surface area (Å²) < 4.78 is 1.95. The summed E-state index contributed by atoms with van der Waals surface area (Å²) in [4.78, 5) is 0. The minimum absolute atomic E-state index is 0.0527. The monoisotopic (exact) mass is 292 g/mol. The maximum Gasteiger partial charge on any atom is 0.0712 e. The molecule has 1 atom stereocenters. The smallest absolute Gasteiger partial charge is 0.0712 e. The standard InChI is InChI=1S/C14H17BrN2/c1-4-14(2,10-15)9-12-11-7-5-6-8-13(11)17(3)16-12/h4-8H,1,9-10H2,2-3H3. The Hall–Kier alpha value is -1.09. The molecule has 0 saturated heterocycles. The molecular weight excluding hydrogens is 276 g/mol. The van der Waals surface area contributed by atoms with Gasteiger partial charge in [-0.1, -0.05) is 47.1 Å². The largest absolute Gasteiger partial charge is 0.268 e. The fourth-order valence-corrected chi connectivity index (χ4v) is 2.40. The van der Waals surface area contributed by atoms with Crippen molar-refractivity contribution < 1.29 is 0 Å². The van der Waals surface area contributed by atoms with Crippen molar-refractivity contribution in [2.45, 2.75) is 13.3 Å². The Labute approximate surface area is 110 Å².